The number of rotatable bonds is 6. The van der Waals surface area contributed by atoms with Gasteiger partial charge in [0.2, 0.25) is 11.8 Å². The van der Waals surface area contributed by atoms with E-state index in [2.05, 4.69) is 19.1 Å². The Bertz CT molecular complexity index is 720. The molecule has 2 atom stereocenters. The second kappa shape index (κ2) is 8.76. The van der Waals surface area contributed by atoms with Crippen LogP contribution in [-0.4, -0.2) is 54.4 Å². The molecule has 1 aromatic rings. The van der Waals surface area contributed by atoms with E-state index >= 15 is 0 Å². The molecule has 5 heteroatoms. The molecule has 2 aliphatic heterocycles. The lowest BCUT2D eigenvalue weighted by Crippen LogP contribution is -2.50. The predicted molar refractivity (Wildman–Crippen MR) is 113 cm³/mol. The molecule has 1 aromatic carbocycles. The minimum Gasteiger partial charge on any atom is -0.497 e. The molecule has 0 radical (unpaired) electrons. The van der Waals surface area contributed by atoms with Gasteiger partial charge in [-0.25, -0.2) is 0 Å². The van der Waals surface area contributed by atoms with E-state index in [1.807, 2.05) is 21.9 Å². The van der Waals surface area contributed by atoms with Gasteiger partial charge in [0.15, 0.2) is 0 Å². The summed E-state index contributed by atoms with van der Waals surface area (Å²) in [5.74, 6) is 2.71. The number of nitrogens with zero attached hydrogens (tertiary/aromatic N) is 2. The van der Waals surface area contributed by atoms with Gasteiger partial charge >= 0.3 is 0 Å². The normalized spacial score (nSPS) is 23.9. The number of hydrogen-bond donors (Lipinski definition) is 0. The smallest absolute Gasteiger partial charge is 0.245 e. The summed E-state index contributed by atoms with van der Waals surface area (Å²) in [6.07, 6.45) is 6.80. The molecule has 29 heavy (non-hydrogen) atoms. The third-order valence-electron chi connectivity index (χ3n) is 7.08. The van der Waals surface area contributed by atoms with Crippen molar-refractivity contribution in [3.8, 4) is 5.75 Å². The van der Waals surface area contributed by atoms with Crippen LogP contribution in [0.1, 0.15) is 63.4 Å². The van der Waals surface area contributed by atoms with Gasteiger partial charge in [-0.2, -0.15) is 0 Å². The highest BCUT2D eigenvalue weighted by molar-refractivity contribution is 5.88. The molecule has 2 heterocycles. The number of likely N-dealkylation sites (tertiary alicyclic amines) is 2. The maximum atomic E-state index is 13.3. The Balaban J connectivity index is 1.42. The Labute approximate surface area is 174 Å². The maximum Gasteiger partial charge on any atom is 0.245 e. The number of carbonyl (C=O) groups is 2. The second-order valence-corrected chi connectivity index (χ2v) is 9.17. The van der Waals surface area contributed by atoms with Gasteiger partial charge in [-0.05, 0) is 74.0 Å². The fourth-order valence-electron chi connectivity index (χ4n) is 4.97. The van der Waals surface area contributed by atoms with Crippen LogP contribution in [0.2, 0.25) is 0 Å². The summed E-state index contributed by atoms with van der Waals surface area (Å²) in [4.78, 5) is 30.3. The number of benzene rings is 1. The standard InChI is InChI=1S/C24H34N2O3/c1-17-11-14-25(15-12-17)24(28)22-4-3-13-26(22)23(27)16-21(18-5-6-18)19-7-9-20(29-2)10-8-19/h7-10,17-18,21-22H,3-6,11-16H2,1-2H3/t21?,22-/m0/s1. The Morgan fingerprint density at radius 1 is 1.03 bits per heavy atom. The minimum atomic E-state index is -0.244. The zero-order chi connectivity index (χ0) is 20.4. The van der Waals surface area contributed by atoms with Crippen LogP contribution in [0.4, 0.5) is 0 Å². The third kappa shape index (κ3) is 4.59. The molecule has 158 valence electrons. The van der Waals surface area contributed by atoms with Gasteiger partial charge in [0.05, 0.1) is 7.11 Å². The van der Waals surface area contributed by atoms with E-state index in [-0.39, 0.29) is 23.8 Å². The molecule has 0 aromatic heterocycles. The summed E-state index contributed by atoms with van der Waals surface area (Å²) in [5, 5.41) is 0. The first-order valence-corrected chi connectivity index (χ1v) is 11.3. The maximum absolute atomic E-state index is 13.3. The molecule has 4 rings (SSSR count). The number of ether oxygens (including phenoxy) is 1. The van der Waals surface area contributed by atoms with E-state index in [1.165, 1.54) is 18.4 Å². The lowest BCUT2D eigenvalue weighted by atomic mass is 9.90. The SMILES string of the molecule is COc1ccc(C(CC(=O)N2CCC[C@H]2C(=O)N2CCC(C)CC2)C2CC2)cc1. The van der Waals surface area contributed by atoms with Crippen molar-refractivity contribution in [2.24, 2.45) is 11.8 Å². The molecular weight excluding hydrogens is 364 g/mol. The van der Waals surface area contributed by atoms with Gasteiger partial charge in [0, 0.05) is 26.1 Å². The molecule has 3 aliphatic rings. The topological polar surface area (TPSA) is 49.9 Å². The highest BCUT2D eigenvalue weighted by Crippen LogP contribution is 2.45. The monoisotopic (exact) mass is 398 g/mol. The molecule has 5 nitrogen and oxygen atoms in total. The van der Waals surface area contributed by atoms with E-state index in [0.717, 1.165) is 51.1 Å². The van der Waals surface area contributed by atoms with Crippen LogP contribution in [0.15, 0.2) is 24.3 Å². The van der Waals surface area contributed by atoms with Crippen LogP contribution in [0.3, 0.4) is 0 Å². The molecule has 0 bridgehead atoms. The van der Waals surface area contributed by atoms with E-state index < -0.39 is 0 Å². The Morgan fingerprint density at radius 2 is 1.72 bits per heavy atom. The van der Waals surface area contributed by atoms with Crippen molar-refractivity contribution in [1.29, 1.82) is 0 Å². The van der Waals surface area contributed by atoms with Crippen LogP contribution >= 0.6 is 0 Å². The zero-order valence-electron chi connectivity index (χ0n) is 17.8. The summed E-state index contributed by atoms with van der Waals surface area (Å²) >= 11 is 0. The van der Waals surface area contributed by atoms with Crippen LogP contribution in [-0.2, 0) is 9.59 Å². The average molecular weight is 399 g/mol. The number of piperidine rings is 1. The second-order valence-electron chi connectivity index (χ2n) is 9.17. The van der Waals surface area contributed by atoms with Crippen molar-refractivity contribution >= 4 is 11.8 Å². The first-order chi connectivity index (χ1) is 14.1. The van der Waals surface area contributed by atoms with Crippen molar-refractivity contribution < 1.29 is 14.3 Å². The first kappa shape index (κ1) is 20.2. The van der Waals surface area contributed by atoms with Gasteiger partial charge in [-0.15, -0.1) is 0 Å². The summed E-state index contributed by atoms with van der Waals surface area (Å²) in [5.41, 5.74) is 1.22. The van der Waals surface area contributed by atoms with Crippen molar-refractivity contribution in [2.75, 3.05) is 26.7 Å². The highest BCUT2D eigenvalue weighted by atomic mass is 16.5. The fourth-order valence-corrected chi connectivity index (χ4v) is 4.97. The summed E-state index contributed by atoms with van der Waals surface area (Å²) in [6.45, 7) is 4.66. The predicted octanol–water partition coefficient (Wildman–Crippen LogP) is 3.83. The largest absolute Gasteiger partial charge is 0.497 e. The number of carbonyl (C=O) groups excluding carboxylic acids is 2. The fraction of sp³-hybridized carbons (Fsp3) is 0.667. The van der Waals surface area contributed by atoms with Gasteiger partial charge in [-0.3, -0.25) is 9.59 Å². The Kier molecular flexibility index (Phi) is 6.12. The van der Waals surface area contributed by atoms with E-state index in [1.54, 1.807) is 7.11 Å². The van der Waals surface area contributed by atoms with Crippen LogP contribution in [0.5, 0.6) is 5.75 Å². The number of methoxy groups -OCH3 is 1. The van der Waals surface area contributed by atoms with Gasteiger partial charge in [0.1, 0.15) is 11.8 Å². The molecule has 0 N–H and O–H groups in total. The highest BCUT2D eigenvalue weighted by Gasteiger charge is 2.40. The van der Waals surface area contributed by atoms with Crippen LogP contribution < -0.4 is 4.74 Å². The van der Waals surface area contributed by atoms with Crippen LogP contribution in [0, 0.1) is 11.8 Å². The summed E-state index contributed by atoms with van der Waals surface area (Å²) < 4.78 is 5.27. The molecule has 1 aliphatic carbocycles. The Hall–Kier alpha value is -2.04. The van der Waals surface area contributed by atoms with E-state index in [9.17, 15) is 9.59 Å². The lowest BCUT2D eigenvalue weighted by molar-refractivity contribution is -0.145. The molecular formula is C24H34N2O3. The van der Waals surface area contributed by atoms with Crippen molar-refractivity contribution in [2.45, 2.75) is 63.8 Å². The average Bonchev–Trinajstić information content (AvgIpc) is 3.47. The van der Waals surface area contributed by atoms with Crippen LogP contribution in [0.25, 0.3) is 0 Å². The summed E-state index contributed by atoms with van der Waals surface area (Å²) in [6, 6.07) is 7.91. The lowest BCUT2D eigenvalue weighted by Gasteiger charge is -2.35. The molecule has 2 saturated heterocycles. The van der Waals surface area contributed by atoms with Crippen molar-refractivity contribution in [3.05, 3.63) is 29.8 Å². The van der Waals surface area contributed by atoms with Gasteiger partial charge in [0.25, 0.3) is 0 Å². The molecule has 2 amide bonds. The molecule has 1 unspecified atom stereocenters. The van der Waals surface area contributed by atoms with E-state index in [4.69, 9.17) is 4.74 Å². The molecule has 3 fully saturated rings. The third-order valence-corrected chi connectivity index (χ3v) is 7.08. The summed E-state index contributed by atoms with van der Waals surface area (Å²) in [7, 11) is 1.67. The van der Waals surface area contributed by atoms with E-state index in [0.29, 0.717) is 18.3 Å². The number of amides is 2. The van der Waals surface area contributed by atoms with Crippen molar-refractivity contribution in [1.82, 2.24) is 9.80 Å². The first-order valence-electron chi connectivity index (χ1n) is 11.3. The minimum absolute atomic E-state index is 0.152. The molecule has 1 saturated carbocycles. The number of hydrogen-bond acceptors (Lipinski definition) is 3. The van der Waals surface area contributed by atoms with Gasteiger partial charge in [-0.1, -0.05) is 19.1 Å². The zero-order valence-corrected chi connectivity index (χ0v) is 17.8. The quantitative estimate of drug-likeness (QED) is 0.732. The Morgan fingerprint density at radius 3 is 2.34 bits per heavy atom. The van der Waals surface area contributed by atoms with Crippen molar-refractivity contribution in [3.63, 3.8) is 0 Å². The molecule has 0 spiro atoms. The van der Waals surface area contributed by atoms with Gasteiger partial charge < -0.3 is 14.5 Å².